The van der Waals surface area contributed by atoms with E-state index in [4.69, 9.17) is 5.11 Å². The zero-order valence-electron chi connectivity index (χ0n) is 11.7. The summed E-state index contributed by atoms with van der Waals surface area (Å²) in [5.41, 5.74) is 3.90. The van der Waals surface area contributed by atoms with E-state index in [0.717, 1.165) is 30.8 Å². The van der Waals surface area contributed by atoms with Gasteiger partial charge in [-0.1, -0.05) is 0 Å². The van der Waals surface area contributed by atoms with E-state index in [1.165, 1.54) is 18.5 Å². The molecule has 1 fully saturated rings. The molecule has 1 aliphatic heterocycles. The van der Waals surface area contributed by atoms with Crippen LogP contribution in [-0.2, 0) is 13.0 Å². The van der Waals surface area contributed by atoms with E-state index in [1.807, 2.05) is 18.6 Å². The van der Waals surface area contributed by atoms with Gasteiger partial charge in [-0.25, -0.2) is 9.78 Å². The number of carbonyl (C=O) groups is 1. The molecule has 1 aliphatic carbocycles. The highest BCUT2D eigenvalue weighted by Crippen LogP contribution is 2.37. The fourth-order valence-corrected chi connectivity index (χ4v) is 3.10. The van der Waals surface area contributed by atoms with E-state index in [-0.39, 0.29) is 0 Å². The monoisotopic (exact) mass is 283 g/mol. The van der Waals surface area contributed by atoms with Crippen molar-refractivity contribution in [2.45, 2.75) is 31.8 Å². The van der Waals surface area contributed by atoms with Crippen molar-refractivity contribution < 1.29 is 9.90 Å². The van der Waals surface area contributed by atoms with Crippen molar-refractivity contribution in [1.82, 2.24) is 9.55 Å². The first-order chi connectivity index (χ1) is 10.2. The van der Waals surface area contributed by atoms with Crippen LogP contribution in [0.3, 0.4) is 0 Å². The number of hydrogen-bond donors (Lipinski definition) is 1. The van der Waals surface area contributed by atoms with E-state index < -0.39 is 5.97 Å². The van der Waals surface area contributed by atoms with Gasteiger partial charge in [-0.15, -0.1) is 0 Å². The minimum Gasteiger partial charge on any atom is -0.478 e. The molecule has 0 radical (unpaired) electrons. The zero-order chi connectivity index (χ0) is 14.4. The average Bonchev–Trinajstić information content (AvgIpc) is 3.09. The van der Waals surface area contributed by atoms with Gasteiger partial charge in [0, 0.05) is 24.5 Å². The molecule has 21 heavy (non-hydrogen) atoms. The molecule has 0 bridgehead atoms. The summed E-state index contributed by atoms with van der Waals surface area (Å²) in [4.78, 5) is 17.6. The number of carboxylic acids is 1. The number of aromatic nitrogens is 2. The topological polar surface area (TPSA) is 58.4 Å². The Balaban J connectivity index is 1.59. The molecule has 0 amide bonds. The highest BCUT2D eigenvalue weighted by molar-refractivity contribution is 5.88. The molecule has 0 unspecified atom stereocenters. The van der Waals surface area contributed by atoms with Gasteiger partial charge in [0.25, 0.3) is 0 Å². The lowest BCUT2D eigenvalue weighted by molar-refractivity contribution is 0.0697. The summed E-state index contributed by atoms with van der Waals surface area (Å²) in [7, 11) is 0. The second kappa shape index (κ2) is 4.62. The first-order valence-electron chi connectivity index (χ1n) is 7.34. The lowest BCUT2D eigenvalue weighted by atomic mass is 10.1. The van der Waals surface area contributed by atoms with E-state index in [2.05, 4.69) is 14.5 Å². The number of hydrogen-bond acceptors (Lipinski definition) is 3. The van der Waals surface area contributed by atoms with Crippen molar-refractivity contribution in [3.05, 3.63) is 47.5 Å². The fraction of sp³-hybridized carbons (Fsp3) is 0.375. The summed E-state index contributed by atoms with van der Waals surface area (Å²) >= 11 is 0. The maximum Gasteiger partial charge on any atom is 0.335 e. The Morgan fingerprint density at radius 1 is 1.38 bits per heavy atom. The van der Waals surface area contributed by atoms with Crippen LogP contribution in [-0.4, -0.2) is 27.2 Å². The van der Waals surface area contributed by atoms with Crippen LogP contribution in [0.2, 0.25) is 0 Å². The van der Waals surface area contributed by atoms with Crippen LogP contribution in [0.1, 0.15) is 40.5 Å². The molecule has 2 aliphatic rings. The van der Waals surface area contributed by atoms with Crippen LogP contribution in [0.4, 0.5) is 5.69 Å². The van der Waals surface area contributed by atoms with E-state index >= 15 is 0 Å². The van der Waals surface area contributed by atoms with Gasteiger partial charge in [-0.2, -0.15) is 0 Å². The number of aromatic carboxylic acids is 1. The Kier molecular flexibility index (Phi) is 2.74. The Labute approximate surface area is 122 Å². The third-order valence-corrected chi connectivity index (χ3v) is 4.36. The molecule has 2 aromatic rings. The molecule has 1 N–H and O–H groups in total. The predicted molar refractivity (Wildman–Crippen MR) is 78.7 cm³/mol. The maximum atomic E-state index is 11.0. The molecular weight excluding hydrogens is 266 g/mol. The van der Waals surface area contributed by atoms with Crippen molar-refractivity contribution in [1.29, 1.82) is 0 Å². The van der Waals surface area contributed by atoms with Gasteiger partial charge in [0.05, 0.1) is 24.1 Å². The molecule has 1 aromatic heterocycles. The number of imidazole rings is 1. The average molecular weight is 283 g/mol. The molecule has 1 saturated carbocycles. The molecule has 4 rings (SSSR count). The normalized spacial score (nSPS) is 17.0. The van der Waals surface area contributed by atoms with Crippen LogP contribution >= 0.6 is 0 Å². The lowest BCUT2D eigenvalue weighted by Gasteiger charge is -2.20. The minimum absolute atomic E-state index is 0.374. The molecule has 0 spiro atoms. The molecule has 0 saturated heterocycles. The summed E-state index contributed by atoms with van der Waals surface area (Å²) in [5, 5.41) is 9.07. The van der Waals surface area contributed by atoms with Crippen molar-refractivity contribution in [3.63, 3.8) is 0 Å². The molecule has 5 nitrogen and oxygen atoms in total. The van der Waals surface area contributed by atoms with Gasteiger partial charge >= 0.3 is 5.97 Å². The van der Waals surface area contributed by atoms with Gasteiger partial charge in [0.2, 0.25) is 0 Å². The molecule has 1 aromatic carbocycles. The Hall–Kier alpha value is -2.30. The van der Waals surface area contributed by atoms with Gasteiger partial charge in [-0.05, 0) is 43.0 Å². The molecular formula is C16H17N3O2. The minimum atomic E-state index is -0.858. The Bertz CT molecular complexity index is 703. The predicted octanol–water partition coefficient (Wildman–Crippen LogP) is 2.48. The van der Waals surface area contributed by atoms with Gasteiger partial charge in [0.15, 0.2) is 0 Å². The molecule has 2 heterocycles. The number of fused-ring (bicyclic) bond motifs is 1. The largest absolute Gasteiger partial charge is 0.478 e. The highest BCUT2D eigenvalue weighted by Gasteiger charge is 2.27. The van der Waals surface area contributed by atoms with Crippen LogP contribution in [0.15, 0.2) is 30.7 Å². The first-order valence-corrected chi connectivity index (χ1v) is 7.34. The van der Waals surface area contributed by atoms with Crippen molar-refractivity contribution >= 4 is 11.7 Å². The van der Waals surface area contributed by atoms with Crippen molar-refractivity contribution in [3.8, 4) is 0 Å². The van der Waals surface area contributed by atoms with Crippen molar-refractivity contribution in [2.24, 2.45) is 0 Å². The standard InChI is InChI=1S/C16H17N3O2/c20-16(21)12-1-4-15-11(7-12)5-6-18(15)9-14-8-17-10-19(14)13-2-3-13/h1,4,7-8,10,13H,2-3,5-6,9H2,(H,20,21). The molecule has 0 atom stereocenters. The SMILES string of the molecule is O=C(O)c1ccc2c(c1)CCN2Cc1cncn1C1CC1. The second-order valence-electron chi connectivity index (χ2n) is 5.84. The van der Waals surface area contributed by atoms with Gasteiger partial charge < -0.3 is 14.6 Å². The summed E-state index contributed by atoms with van der Waals surface area (Å²) in [6.45, 7) is 1.78. The fourth-order valence-electron chi connectivity index (χ4n) is 3.10. The summed E-state index contributed by atoms with van der Waals surface area (Å²) < 4.78 is 2.28. The van der Waals surface area contributed by atoms with Crippen LogP contribution in [0, 0.1) is 0 Å². The zero-order valence-corrected chi connectivity index (χ0v) is 11.7. The Morgan fingerprint density at radius 2 is 2.24 bits per heavy atom. The van der Waals surface area contributed by atoms with Crippen LogP contribution in [0.5, 0.6) is 0 Å². The van der Waals surface area contributed by atoms with Crippen molar-refractivity contribution in [2.75, 3.05) is 11.4 Å². The third kappa shape index (κ3) is 2.18. The summed E-state index contributed by atoms with van der Waals surface area (Å²) in [5.74, 6) is -0.858. The third-order valence-electron chi connectivity index (χ3n) is 4.36. The summed E-state index contributed by atoms with van der Waals surface area (Å²) in [6.07, 6.45) is 7.29. The van der Waals surface area contributed by atoms with E-state index in [0.29, 0.717) is 11.6 Å². The maximum absolute atomic E-state index is 11.0. The number of anilines is 1. The first kappa shape index (κ1) is 12.4. The number of rotatable bonds is 4. The van der Waals surface area contributed by atoms with Gasteiger partial charge in [0.1, 0.15) is 0 Å². The summed E-state index contributed by atoms with van der Waals surface area (Å²) in [6, 6.07) is 6.07. The second-order valence-corrected chi connectivity index (χ2v) is 5.84. The quantitative estimate of drug-likeness (QED) is 0.936. The van der Waals surface area contributed by atoms with E-state index in [1.54, 1.807) is 12.1 Å². The smallest absolute Gasteiger partial charge is 0.335 e. The van der Waals surface area contributed by atoms with E-state index in [9.17, 15) is 4.79 Å². The molecule has 5 heteroatoms. The highest BCUT2D eigenvalue weighted by atomic mass is 16.4. The lowest BCUT2D eigenvalue weighted by Crippen LogP contribution is -2.21. The van der Waals surface area contributed by atoms with Crippen LogP contribution < -0.4 is 4.90 Å². The van der Waals surface area contributed by atoms with Crippen LogP contribution in [0.25, 0.3) is 0 Å². The Morgan fingerprint density at radius 3 is 3.00 bits per heavy atom. The number of carboxylic acid groups (broad SMARTS) is 1. The number of nitrogens with zero attached hydrogens (tertiary/aromatic N) is 3. The number of benzene rings is 1. The molecule has 108 valence electrons. The van der Waals surface area contributed by atoms with Gasteiger partial charge in [-0.3, -0.25) is 0 Å².